The topological polar surface area (TPSA) is 9.23 Å². The molecule has 0 aromatic carbocycles. The summed E-state index contributed by atoms with van der Waals surface area (Å²) in [6, 6.07) is 0. The zero-order valence-electron chi connectivity index (χ0n) is 11.9. The normalized spacial score (nSPS) is 12.9. The number of rotatable bonds is 8. The zero-order chi connectivity index (χ0) is 12.4. The molecule has 0 aliphatic heterocycles. The molecule has 16 heavy (non-hydrogen) atoms. The Bertz CT molecular complexity index is 186. The molecule has 0 spiro atoms. The SMILES string of the molecule is CCCCCCC/C(=C\C(C)(C)C)OCC. The highest BCUT2D eigenvalue weighted by atomic mass is 16.5. The molecule has 1 nitrogen and oxygen atoms in total. The number of hydrogen-bond donors (Lipinski definition) is 0. The molecule has 0 rings (SSSR count). The van der Waals surface area contributed by atoms with E-state index in [4.69, 9.17) is 4.74 Å². The first-order valence-electron chi connectivity index (χ1n) is 6.84. The second-order valence-corrected chi connectivity index (χ2v) is 5.57. The molecule has 0 N–H and O–H groups in total. The molecule has 0 fully saturated rings. The van der Waals surface area contributed by atoms with E-state index in [1.54, 1.807) is 0 Å². The largest absolute Gasteiger partial charge is 0.499 e. The van der Waals surface area contributed by atoms with E-state index >= 15 is 0 Å². The highest BCUT2D eigenvalue weighted by Crippen LogP contribution is 2.21. The van der Waals surface area contributed by atoms with Gasteiger partial charge in [0.05, 0.1) is 12.4 Å². The highest BCUT2D eigenvalue weighted by Gasteiger charge is 2.09. The highest BCUT2D eigenvalue weighted by molar-refractivity contribution is 5.00. The van der Waals surface area contributed by atoms with E-state index in [1.165, 1.54) is 37.9 Å². The molecule has 0 aliphatic rings. The molecule has 0 aromatic heterocycles. The summed E-state index contributed by atoms with van der Waals surface area (Å²) >= 11 is 0. The van der Waals surface area contributed by atoms with Crippen LogP contribution in [0, 0.1) is 5.41 Å². The van der Waals surface area contributed by atoms with Crippen LogP contribution in [0.15, 0.2) is 11.8 Å². The summed E-state index contributed by atoms with van der Waals surface area (Å²) in [5.41, 5.74) is 0.230. The fourth-order valence-corrected chi connectivity index (χ4v) is 1.76. The van der Waals surface area contributed by atoms with Crippen molar-refractivity contribution in [3.05, 3.63) is 11.8 Å². The van der Waals surface area contributed by atoms with Gasteiger partial charge < -0.3 is 4.74 Å². The van der Waals surface area contributed by atoms with Crippen LogP contribution in [0.3, 0.4) is 0 Å². The summed E-state index contributed by atoms with van der Waals surface area (Å²) in [4.78, 5) is 0. The molecule has 0 saturated carbocycles. The van der Waals surface area contributed by atoms with Crippen LogP contribution in [0.2, 0.25) is 0 Å². The predicted octanol–water partition coefficient (Wildman–Crippen LogP) is 5.31. The van der Waals surface area contributed by atoms with Crippen LogP contribution in [-0.4, -0.2) is 6.61 Å². The van der Waals surface area contributed by atoms with E-state index in [0.717, 1.165) is 13.0 Å². The van der Waals surface area contributed by atoms with E-state index in [-0.39, 0.29) is 5.41 Å². The first-order valence-corrected chi connectivity index (χ1v) is 6.84. The predicted molar refractivity (Wildman–Crippen MR) is 72.5 cm³/mol. The molecular formula is C15H30O. The lowest BCUT2D eigenvalue weighted by Crippen LogP contribution is -2.04. The van der Waals surface area contributed by atoms with Crippen LogP contribution in [-0.2, 0) is 4.74 Å². The van der Waals surface area contributed by atoms with Crippen molar-refractivity contribution >= 4 is 0 Å². The molecule has 0 heterocycles. The summed E-state index contributed by atoms with van der Waals surface area (Å²) in [7, 11) is 0. The first-order chi connectivity index (χ1) is 7.49. The average Bonchev–Trinajstić information content (AvgIpc) is 2.15. The number of ether oxygens (including phenoxy) is 1. The lowest BCUT2D eigenvalue weighted by atomic mass is 9.94. The fourth-order valence-electron chi connectivity index (χ4n) is 1.76. The zero-order valence-corrected chi connectivity index (χ0v) is 11.9. The van der Waals surface area contributed by atoms with Crippen molar-refractivity contribution in [2.24, 2.45) is 5.41 Å². The second kappa shape index (κ2) is 8.66. The maximum Gasteiger partial charge on any atom is 0.0925 e. The van der Waals surface area contributed by atoms with E-state index in [2.05, 4.69) is 40.7 Å². The van der Waals surface area contributed by atoms with E-state index in [9.17, 15) is 0 Å². The molecule has 0 bridgehead atoms. The quantitative estimate of drug-likeness (QED) is 0.402. The molecule has 1 heteroatoms. The van der Waals surface area contributed by atoms with Crippen molar-refractivity contribution < 1.29 is 4.74 Å². The molecule has 0 atom stereocenters. The van der Waals surface area contributed by atoms with Gasteiger partial charge in [0.15, 0.2) is 0 Å². The maximum absolute atomic E-state index is 5.69. The Morgan fingerprint density at radius 3 is 2.12 bits per heavy atom. The Balaban J connectivity index is 3.90. The van der Waals surface area contributed by atoms with Crippen LogP contribution in [0.4, 0.5) is 0 Å². The molecule has 0 amide bonds. The van der Waals surface area contributed by atoms with Gasteiger partial charge in [-0.05, 0) is 24.8 Å². The van der Waals surface area contributed by atoms with Gasteiger partial charge in [-0.1, -0.05) is 53.4 Å². The lowest BCUT2D eigenvalue weighted by Gasteiger charge is -2.16. The monoisotopic (exact) mass is 226 g/mol. The minimum absolute atomic E-state index is 0.230. The fraction of sp³-hybridized carbons (Fsp3) is 0.867. The van der Waals surface area contributed by atoms with Crippen LogP contribution in [0.1, 0.15) is 73.1 Å². The van der Waals surface area contributed by atoms with Crippen LogP contribution in [0.25, 0.3) is 0 Å². The van der Waals surface area contributed by atoms with Gasteiger partial charge >= 0.3 is 0 Å². The summed E-state index contributed by atoms with van der Waals surface area (Å²) in [6.07, 6.45) is 10.0. The minimum atomic E-state index is 0.230. The number of unbranched alkanes of at least 4 members (excludes halogenated alkanes) is 4. The third-order valence-corrected chi connectivity index (χ3v) is 2.45. The Morgan fingerprint density at radius 1 is 1.00 bits per heavy atom. The molecule has 0 radical (unpaired) electrons. The standard InChI is InChI=1S/C15H30O/c1-6-8-9-10-11-12-14(16-7-2)13-15(3,4)5/h13H,6-12H2,1-5H3/b14-13+. The van der Waals surface area contributed by atoms with Gasteiger partial charge in [-0.15, -0.1) is 0 Å². The Morgan fingerprint density at radius 2 is 1.62 bits per heavy atom. The van der Waals surface area contributed by atoms with Crippen LogP contribution < -0.4 is 0 Å². The maximum atomic E-state index is 5.69. The molecule has 96 valence electrons. The van der Waals surface area contributed by atoms with Gasteiger partial charge in [0.1, 0.15) is 0 Å². The Hall–Kier alpha value is -0.460. The van der Waals surface area contributed by atoms with Crippen molar-refractivity contribution in [1.29, 1.82) is 0 Å². The summed E-state index contributed by atoms with van der Waals surface area (Å²) in [6.45, 7) is 11.8. The Labute approximate surface area is 102 Å². The first kappa shape index (κ1) is 15.5. The van der Waals surface area contributed by atoms with Gasteiger partial charge in [-0.3, -0.25) is 0 Å². The molecule has 0 unspecified atom stereocenters. The smallest absolute Gasteiger partial charge is 0.0925 e. The van der Waals surface area contributed by atoms with Crippen molar-refractivity contribution in [3.63, 3.8) is 0 Å². The van der Waals surface area contributed by atoms with Crippen molar-refractivity contribution in [3.8, 4) is 0 Å². The van der Waals surface area contributed by atoms with Crippen LogP contribution in [0.5, 0.6) is 0 Å². The average molecular weight is 226 g/mol. The van der Waals surface area contributed by atoms with Gasteiger partial charge in [0.2, 0.25) is 0 Å². The van der Waals surface area contributed by atoms with E-state index in [0.29, 0.717) is 0 Å². The minimum Gasteiger partial charge on any atom is -0.499 e. The molecular weight excluding hydrogens is 196 g/mol. The van der Waals surface area contributed by atoms with Gasteiger partial charge in [0, 0.05) is 6.42 Å². The van der Waals surface area contributed by atoms with Crippen LogP contribution >= 0.6 is 0 Å². The summed E-state index contributed by atoms with van der Waals surface area (Å²) in [5, 5.41) is 0. The summed E-state index contributed by atoms with van der Waals surface area (Å²) < 4.78 is 5.69. The van der Waals surface area contributed by atoms with E-state index in [1.807, 2.05) is 0 Å². The second-order valence-electron chi connectivity index (χ2n) is 5.57. The lowest BCUT2D eigenvalue weighted by molar-refractivity contribution is 0.210. The third-order valence-electron chi connectivity index (χ3n) is 2.45. The third kappa shape index (κ3) is 10.1. The molecule has 0 aromatic rings. The van der Waals surface area contributed by atoms with Crippen molar-refractivity contribution in [1.82, 2.24) is 0 Å². The summed E-state index contributed by atoms with van der Waals surface area (Å²) in [5.74, 6) is 1.19. The van der Waals surface area contributed by atoms with Gasteiger partial charge in [-0.25, -0.2) is 0 Å². The Kier molecular flexibility index (Phi) is 8.42. The van der Waals surface area contributed by atoms with Crippen molar-refractivity contribution in [2.75, 3.05) is 6.61 Å². The van der Waals surface area contributed by atoms with Gasteiger partial charge in [0.25, 0.3) is 0 Å². The van der Waals surface area contributed by atoms with Gasteiger partial charge in [-0.2, -0.15) is 0 Å². The van der Waals surface area contributed by atoms with E-state index < -0.39 is 0 Å². The molecule has 0 saturated heterocycles. The number of hydrogen-bond acceptors (Lipinski definition) is 1. The van der Waals surface area contributed by atoms with Crippen molar-refractivity contribution in [2.45, 2.75) is 73.1 Å². The number of allylic oxidation sites excluding steroid dienone is 2. The molecule has 0 aliphatic carbocycles.